The molecule has 1 unspecified atom stereocenters. The number of rotatable bonds is 11. The first-order chi connectivity index (χ1) is 24.1. The quantitative estimate of drug-likeness (QED) is 0.123. The highest BCUT2D eigenvalue weighted by molar-refractivity contribution is 6.76. The van der Waals surface area contributed by atoms with Crippen LogP contribution in [-0.2, 0) is 16.2 Å². The SMILES string of the molecule is CC(C)[C@H]1CN(CC2CCCN2C(=O)OC(C)(C)C)C(=O)N1c1ccn2ncc(-c3ccc(-c4ncnn4COCC[Si](C)(C)C)c(F)c3)c2n1. The highest BCUT2D eigenvalue weighted by Gasteiger charge is 2.43. The maximum Gasteiger partial charge on any atom is 0.410 e. The molecule has 0 N–H and O–H groups in total. The second-order valence-corrected chi connectivity index (χ2v) is 21.7. The largest absolute Gasteiger partial charge is 0.444 e. The summed E-state index contributed by atoms with van der Waals surface area (Å²) in [4.78, 5) is 41.6. The van der Waals surface area contributed by atoms with E-state index in [0.29, 0.717) is 60.2 Å². The number of carbonyl (C=O) groups excluding carboxylic acids is 2. The number of amides is 3. The molecule has 274 valence electrons. The number of hydrogen-bond donors (Lipinski definition) is 0. The summed E-state index contributed by atoms with van der Waals surface area (Å²) in [5.41, 5.74) is 1.43. The minimum Gasteiger partial charge on any atom is -0.444 e. The Bertz CT molecular complexity index is 1880. The molecular weight excluding hydrogens is 670 g/mol. The van der Waals surface area contributed by atoms with Crippen LogP contribution < -0.4 is 4.90 Å². The maximum atomic E-state index is 15.8. The van der Waals surface area contributed by atoms with Crippen LogP contribution in [0.5, 0.6) is 0 Å². The highest BCUT2D eigenvalue weighted by atomic mass is 28.3. The molecule has 0 aliphatic carbocycles. The van der Waals surface area contributed by atoms with Crippen molar-refractivity contribution in [2.75, 3.05) is 31.1 Å². The molecule has 15 heteroatoms. The Kier molecular flexibility index (Phi) is 10.2. The fourth-order valence-electron chi connectivity index (χ4n) is 6.61. The van der Waals surface area contributed by atoms with E-state index in [2.05, 4.69) is 48.7 Å². The number of fused-ring (bicyclic) bond motifs is 1. The molecule has 3 amide bonds. The predicted molar refractivity (Wildman–Crippen MR) is 196 cm³/mol. The Morgan fingerprint density at radius 2 is 1.90 bits per heavy atom. The van der Waals surface area contributed by atoms with Crippen molar-refractivity contribution in [3.63, 3.8) is 0 Å². The van der Waals surface area contributed by atoms with Crippen molar-refractivity contribution in [2.45, 2.75) is 97.6 Å². The molecule has 2 aliphatic heterocycles. The number of hydrogen-bond acceptors (Lipinski definition) is 8. The molecule has 6 rings (SSSR count). The molecule has 0 radical (unpaired) electrons. The van der Waals surface area contributed by atoms with E-state index in [1.165, 1.54) is 12.4 Å². The van der Waals surface area contributed by atoms with Crippen LogP contribution in [0, 0.1) is 11.7 Å². The number of ether oxygens (including phenoxy) is 2. The van der Waals surface area contributed by atoms with Gasteiger partial charge in [-0.1, -0.05) is 39.6 Å². The molecule has 2 fully saturated rings. The monoisotopic (exact) mass is 719 g/mol. The summed E-state index contributed by atoms with van der Waals surface area (Å²) >= 11 is 0. The molecular formula is C36H50FN9O4Si. The van der Waals surface area contributed by atoms with E-state index in [-0.39, 0.29) is 36.9 Å². The van der Waals surface area contributed by atoms with Gasteiger partial charge in [0, 0.05) is 46.1 Å². The fraction of sp³-hybridized carbons (Fsp3) is 0.556. The van der Waals surface area contributed by atoms with Gasteiger partial charge in [0.2, 0.25) is 0 Å². The van der Waals surface area contributed by atoms with Crippen molar-refractivity contribution >= 4 is 31.7 Å². The lowest BCUT2D eigenvalue weighted by molar-refractivity contribution is 0.0208. The zero-order valence-corrected chi connectivity index (χ0v) is 32.0. The number of anilines is 1. The number of benzene rings is 1. The number of nitrogens with zero attached hydrogens (tertiary/aromatic N) is 9. The second-order valence-electron chi connectivity index (χ2n) is 16.1. The van der Waals surface area contributed by atoms with Gasteiger partial charge in [-0.3, -0.25) is 4.90 Å². The number of halogens is 1. The first kappa shape index (κ1) is 36.4. The van der Waals surface area contributed by atoms with Gasteiger partial charge in [-0.05, 0) is 69.3 Å². The van der Waals surface area contributed by atoms with Crippen molar-refractivity contribution in [1.29, 1.82) is 0 Å². The van der Waals surface area contributed by atoms with Crippen molar-refractivity contribution < 1.29 is 23.5 Å². The third-order valence-corrected chi connectivity index (χ3v) is 11.1. The minimum absolute atomic E-state index is 0.123. The number of aromatic nitrogens is 6. The van der Waals surface area contributed by atoms with Gasteiger partial charge in [-0.15, -0.1) is 0 Å². The maximum absolute atomic E-state index is 15.8. The van der Waals surface area contributed by atoms with Gasteiger partial charge in [0.1, 0.15) is 30.3 Å². The average Bonchev–Trinajstić information content (AvgIpc) is 3.85. The van der Waals surface area contributed by atoms with Crippen LogP contribution >= 0.6 is 0 Å². The van der Waals surface area contributed by atoms with Gasteiger partial charge in [0.05, 0.1) is 23.8 Å². The van der Waals surface area contributed by atoms with E-state index >= 15 is 4.39 Å². The zero-order valence-electron chi connectivity index (χ0n) is 31.0. The van der Waals surface area contributed by atoms with Crippen LogP contribution in [0.1, 0.15) is 47.5 Å². The highest BCUT2D eigenvalue weighted by Crippen LogP contribution is 2.33. The molecule has 0 bridgehead atoms. The van der Waals surface area contributed by atoms with E-state index in [1.807, 2.05) is 31.7 Å². The standard InChI is InChI=1S/C36H50FN9O4Si/c1-24(2)30-21-42(20-26-10-9-14-43(26)35(48)50-36(3,4)5)34(47)46(30)31-13-15-44-33(41-31)28(19-39-44)25-11-12-27(29(37)18-25)32-38-22-40-45(32)23-49-16-17-51(6,7)8/h11-13,15,18-19,22,24,26,30H,9-10,14,16-17,20-21,23H2,1-8H3/t26?,30-/m1/s1. The first-order valence-corrected chi connectivity index (χ1v) is 21.5. The number of carbonyl (C=O) groups is 2. The molecule has 4 aromatic rings. The summed E-state index contributed by atoms with van der Waals surface area (Å²) in [6, 6.07) is 7.33. The molecule has 2 saturated heterocycles. The zero-order chi connectivity index (χ0) is 36.7. The molecule has 13 nitrogen and oxygen atoms in total. The van der Waals surface area contributed by atoms with Gasteiger partial charge in [-0.2, -0.15) is 10.2 Å². The lowest BCUT2D eigenvalue weighted by Crippen LogP contribution is -2.46. The van der Waals surface area contributed by atoms with Crippen LogP contribution in [0.25, 0.3) is 28.2 Å². The molecule has 0 spiro atoms. The van der Waals surface area contributed by atoms with Crippen LogP contribution in [0.3, 0.4) is 0 Å². The van der Waals surface area contributed by atoms with Gasteiger partial charge < -0.3 is 19.3 Å². The molecule has 1 aromatic carbocycles. The first-order valence-electron chi connectivity index (χ1n) is 17.8. The Balaban J connectivity index is 1.22. The summed E-state index contributed by atoms with van der Waals surface area (Å²) in [7, 11) is -1.24. The van der Waals surface area contributed by atoms with E-state index in [1.54, 1.807) is 43.5 Å². The molecule has 5 heterocycles. The van der Waals surface area contributed by atoms with E-state index in [9.17, 15) is 9.59 Å². The Morgan fingerprint density at radius 3 is 2.61 bits per heavy atom. The lowest BCUT2D eigenvalue weighted by Gasteiger charge is -2.30. The second kappa shape index (κ2) is 14.3. The topological polar surface area (TPSA) is 123 Å². The van der Waals surface area contributed by atoms with Gasteiger partial charge in [0.25, 0.3) is 0 Å². The van der Waals surface area contributed by atoms with Gasteiger partial charge in [0.15, 0.2) is 11.5 Å². The van der Waals surface area contributed by atoms with Crippen LogP contribution in [0.15, 0.2) is 43.0 Å². The van der Waals surface area contributed by atoms with Crippen LogP contribution in [0.4, 0.5) is 19.8 Å². The third-order valence-electron chi connectivity index (χ3n) is 9.37. The van der Waals surface area contributed by atoms with Crippen molar-refractivity contribution in [2.24, 2.45) is 5.92 Å². The predicted octanol–water partition coefficient (Wildman–Crippen LogP) is 6.77. The molecule has 51 heavy (non-hydrogen) atoms. The van der Waals surface area contributed by atoms with E-state index in [4.69, 9.17) is 14.5 Å². The van der Waals surface area contributed by atoms with E-state index in [0.717, 1.165) is 18.9 Å². The van der Waals surface area contributed by atoms with Gasteiger partial charge in [-0.25, -0.2) is 33.1 Å². The lowest BCUT2D eigenvalue weighted by atomic mass is 10.0. The fourth-order valence-corrected chi connectivity index (χ4v) is 7.36. The van der Waals surface area contributed by atoms with Crippen molar-refractivity contribution in [3.05, 3.63) is 48.8 Å². The number of likely N-dealkylation sites (tertiary alicyclic amines) is 1. The summed E-state index contributed by atoms with van der Waals surface area (Å²) < 4.78 is 30.4. The molecule has 2 aliphatic rings. The van der Waals surface area contributed by atoms with Crippen LogP contribution in [0.2, 0.25) is 25.7 Å². The summed E-state index contributed by atoms with van der Waals surface area (Å²) in [6.07, 6.45) is 6.14. The molecule has 2 atom stereocenters. The van der Waals surface area contributed by atoms with Crippen molar-refractivity contribution in [3.8, 4) is 22.5 Å². The van der Waals surface area contributed by atoms with Crippen molar-refractivity contribution in [1.82, 2.24) is 39.2 Å². The Hall–Kier alpha value is -4.37. The van der Waals surface area contributed by atoms with Gasteiger partial charge >= 0.3 is 12.1 Å². The normalized spacial score (nSPS) is 18.5. The summed E-state index contributed by atoms with van der Waals surface area (Å²) in [5, 5.41) is 8.73. The molecule has 0 saturated carbocycles. The molecule has 3 aromatic heterocycles. The van der Waals surface area contributed by atoms with Crippen LogP contribution in [-0.4, -0.2) is 103 Å². The average molecular weight is 720 g/mol. The summed E-state index contributed by atoms with van der Waals surface area (Å²) in [6.45, 7) is 19.0. The van der Waals surface area contributed by atoms with E-state index < -0.39 is 19.5 Å². The minimum atomic E-state index is -1.24. The smallest absolute Gasteiger partial charge is 0.410 e. The Morgan fingerprint density at radius 1 is 1.12 bits per heavy atom. The number of urea groups is 1. The summed E-state index contributed by atoms with van der Waals surface area (Å²) in [5.74, 6) is 0.555. The third kappa shape index (κ3) is 8.09. The Labute approximate surface area is 299 Å².